The number of carboxylic acid groups (broad SMARTS) is 1. The quantitative estimate of drug-likeness (QED) is 0.777. The summed E-state index contributed by atoms with van der Waals surface area (Å²) < 4.78 is 0. The molecule has 78 valence electrons. The van der Waals surface area contributed by atoms with Crippen LogP contribution < -0.4 is 0 Å². The lowest BCUT2D eigenvalue weighted by Crippen LogP contribution is -2.09. The second kappa shape index (κ2) is 3.86. The number of aliphatic carboxylic acids is 1. The molecule has 0 fully saturated rings. The first-order chi connectivity index (χ1) is 6.37. The summed E-state index contributed by atoms with van der Waals surface area (Å²) in [7, 11) is 0. The van der Waals surface area contributed by atoms with Crippen molar-refractivity contribution in [3.05, 3.63) is 23.5 Å². The maximum absolute atomic E-state index is 10.4. The summed E-state index contributed by atoms with van der Waals surface area (Å²) in [6, 6.07) is 1.93. The van der Waals surface area contributed by atoms with E-state index < -0.39 is 5.97 Å². The Kier molecular flexibility index (Phi) is 2.99. The molecule has 0 spiro atoms. The molecule has 0 aliphatic carbocycles. The molecule has 2 N–H and O–H groups in total. The Morgan fingerprint density at radius 3 is 2.64 bits per heavy atom. The normalized spacial score (nSPS) is 11.6. The van der Waals surface area contributed by atoms with Gasteiger partial charge in [-0.3, -0.25) is 4.79 Å². The van der Waals surface area contributed by atoms with Crippen LogP contribution in [0.4, 0.5) is 0 Å². The lowest BCUT2D eigenvalue weighted by atomic mass is 9.90. The van der Waals surface area contributed by atoms with Crippen LogP contribution in [0.5, 0.6) is 0 Å². The van der Waals surface area contributed by atoms with Gasteiger partial charge in [-0.15, -0.1) is 0 Å². The smallest absolute Gasteiger partial charge is 0.307 e. The highest BCUT2D eigenvalue weighted by atomic mass is 16.4. The molecule has 0 aliphatic heterocycles. The molecule has 1 aromatic heterocycles. The van der Waals surface area contributed by atoms with Crippen molar-refractivity contribution in [2.75, 3.05) is 0 Å². The zero-order valence-electron chi connectivity index (χ0n) is 8.92. The average Bonchev–Trinajstić information content (AvgIpc) is 2.30. The second-order valence-corrected chi connectivity index (χ2v) is 4.84. The Bertz CT molecular complexity index is 320. The number of carbonyl (C=O) groups is 1. The Balaban J connectivity index is 2.64. The Morgan fingerprint density at radius 1 is 1.50 bits per heavy atom. The van der Waals surface area contributed by atoms with E-state index in [0.29, 0.717) is 0 Å². The predicted octanol–water partition coefficient (Wildman–Crippen LogP) is 2.23. The Morgan fingerprint density at radius 2 is 2.14 bits per heavy atom. The largest absolute Gasteiger partial charge is 0.481 e. The molecule has 1 rings (SSSR count). The molecule has 0 amide bonds. The third-order valence-electron chi connectivity index (χ3n) is 1.88. The first kappa shape index (κ1) is 10.8. The van der Waals surface area contributed by atoms with Crippen molar-refractivity contribution in [2.24, 2.45) is 5.41 Å². The highest BCUT2D eigenvalue weighted by Crippen LogP contribution is 2.20. The van der Waals surface area contributed by atoms with Crippen LogP contribution in [0.2, 0.25) is 0 Å². The number of carboxylic acids is 1. The van der Waals surface area contributed by atoms with Gasteiger partial charge in [-0.25, -0.2) is 0 Å². The third kappa shape index (κ3) is 3.64. The summed E-state index contributed by atoms with van der Waals surface area (Å²) in [5.41, 5.74) is 2.18. The van der Waals surface area contributed by atoms with Gasteiger partial charge in [0.05, 0.1) is 6.42 Å². The van der Waals surface area contributed by atoms with Gasteiger partial charge in [-0.05, 0) is 23.5 Å². The molecule has 0 saturated heterocycles. The molecule has 0 aliphatic rings. The molecular weight excluding hydrogens is 178 g/mol. The SMILES string of the molecule is CC(C)(C)Cc1cc(CC(=O)O)c[nH]1. The zero-order chi connectivity index (χ0) is 10.8. The van der Waals surface area contributed by atoms with Crippen molar-refractivity contribution < 1.29 is 9.90 Å². The highest BCUT2D eigenvalue weighted by molar-refractivity contribution is 5.70. The van der Waals surface area contributed by atoms with Crippen LogP contribution in [0.25, 0.3) is 0 Å². The number of nitrogens with one attached hydrogen (secondary N) is 1. The first-order valence-electron chi connectivity index (χ1n) is 4.75. The van der Waals surface area contributed by atoms with E-state index in [9.17, 15) is 4.79 Å². The molecule has 0 saturated carbocycles. The summed E-state index contributed by atoms with van der Waals surface area (Å²) >= 11 is 0. The van der Waals surface area contributed by atoms with Crippen molar-refractivity contribution in [3.8, 4) is 0 Å². The van der Waals surface area contributed by atoms with Gasteiger partial charge in [0.2, 0.25) is 0 Å². The molecule has 0 unspecified atom stereocenters. The fraction of sp³-hybridized carbons (Fsp3) is 0.545. The molecule has 0 aromatic carbocycles. The number of rotatable bonds is 3. The summed E-state index contributed by atoms with van der Waals surface area (Å²) in [6.07, 6.45) is 2.81. The minimum Gasteiger partial charge on any atom is -0.481 e. The van der Waals surface area contributed by atoms with Gasteiger partial charge < -0.3 is 10.1 Å². The van der Waals surface area contributed by atoms with Crippen LogP contribution >= 0.6 is 0 Å². The molecule has 0 radical (unpaired) electrons. The van der Waals surface area contributed by atoms with E-state index in [4.69, 9.17) is 5.11 Å². The summed E-state index contributed by atoms with van der Waals surface area (Å²) in [4.78, 5) is 13.6. The van der Waals surface area contributed by atoms with E-state index in [2.05, 4.69) is 25.8 Å². The van der Waals surface area contributed by atoms with Gasteiger partial charge in [-0.2, -0.15) is 0 Å². The van der Waals surface area contributed by atoms with E-state index in [1.165, 1.54) is 0 Å². The molecule has 0 atom stereocenters. The highest BCUT2D eigenvalue weighted by Gasteiger charge is 2.13. The lowest BCUT2D eigenvalue weighted by molar-refractivity contribution is -0.136. The zero-order valence-corrected chi connectivity index (χ0v) is 8.92. The monoisotopic (exact) mass is 195 g/mol. The predicted molar refractivity (Wildman–Crippen MR) is 55.3 cm³/mol. The van der Waals surface area contributed by atoms with Crippen LogP contribution in [0.3, 0.4) is 0 Å². The van der Waals surface area contributed by atoms with Crippen LogP contribution in [0.1, 0.15) is 32.0 Å². The fourth-order valence-electron chi connectivity index (χ4n) is 1.44. The van der Waals surface area contributed by atoms with E-state index in [0.717, 1.165) is 17.7 Å². The van der Waals surface area contributed by atoms with Crippen molar-refractivity contribution in [1.82, 2.24) is 4.98 Å². The maximum Gasteiger partial charge on any atom is 0.307 e. The van der Waals surface area contributed by atoms with Crippen molar-refractivity contribution in [3.63, 3.8) is 0 Å². The lowest BCUT2D eigenvalue weighted by Gasteiger charge is -2.16. The van der Waals surface area contributed by atoms with Crippen LogP contribution in [0, 0.1) is 5.41 Å². The van der Waals surface area contributed by atoms with Crippen LogP contribution in [0.15, 0.2) is 12.3 Å². The Labute approximate surface area is 84.2 Å². The average molecular weight is 195 g/mol. The standard InChI is InChI=1S/C11H17NO2/c1-11(2,3)6-9-4-8(7-12-9)5-10(13)14/h4,7,12H,5-6H2,1-3H3,(H,13,14). The minimum atomic E-state index is -0.786. The second-order valence-electron chi connectivity index (χ2n) is 4.84. The molecule has 14 heavy (non-hydrogen) atoms. The topological polar surface area (TPSA) is 53.1 Å². The van der Waals surface area contributed by atoms with Crippen molar-refractivity contribution in [2.45, 2.75) is 33.6 Å². The number of H-pyrrole nitrogens is 1. The third-order valence-corrected chi connectivity index (χ3v) is 1.88. The van der Waals surface area contributed by atoms with E-state index >= 15 is 0 Å². The number of hydrogen-bond donors (Lipinski definition) is 2. The van der Waals surface area contributed by atoms with E-state index in [1.807, 2.05) is 6.07 Å². The van der Waals surface area contributed by atoms with E-state index in [1.54, 1.807) is 6.20 Å². The first-order valence-corrected chi connectivity index (χ1v) is 4.75. The molecule has 3 heteroatoms. The molecule has 3 nitrogen and oxygen atoms in total. The molecule has 1 heterocycles. The summed E-state index contributed by atoms with van der Waals surface area (Å²) in [5, 5.41) is 8.59. The molecule has 0 bridgehead atoms. The van der Waals surface area contributed by atoms with Gasteiger partial charge in [0.15, 0.2) is 0 Å². The number of aromatic amines is 1. The van der Waals surface area contributed by atoms with E-state index in [-0.39, 0.29) is 11.8 Å². The molecule has 1 aromatic rings. The summed E-state index contributed by atoms with van der Waals surface area (Å²) in [5.74, 6) is -0.786. The van der Waals surface area contributed by atoms with Gasteiger partial charge in [0.25, 0.3) is 0 Å². The fourth-order valence-corrected chi connectivity index (χ4v) is 1.44. The molecular formula is C11H17NO2. The van der Waals surface area contributed by atoms with Gasteiger partial charge >= 0.3 is 5.97 Å². The van der Waals surface area contributed by atoms with Gasteiger partial charge in [-0.1, -0.05) is 20.8 Å². The van der Waals surface area contributed by atoms with Crippen LogP contribution in [-0.4, -0.2) is 16.1 Å². The maximum atomic E-state index is 10.4. The minimum absolute atomic E-state index is 0.0979. The number of aromatic nitrogens is 1. The van der Waals surface area contributed by atoms with Crippen molar-refractivity contribution >= 4 is 5.97 Å². The summed E-state index contributed by atoms with van der Waals surface area (Å²) in [6.45, 7) is 6.47. The van der Waals surface area contributed by atoms with Crippen LogP contribution in [-0.2, 0) is 17.6 Å². The van der Waals surface area contributed by atoms with Gasteiger partial charge in [0.1, 0.15) is 0 Å². The number of hydrogen-bond acceptors (Lipinski definition) is 1. The van der Waals surface area contributed by atoms with Gasteiger partial charge in [0, 0.05) is 11.9 Å². The van der Waals surface area contributed by atoms with Crippen molar-refractivity contribution in [1.29, 1.82) is 0 Å². The Hall–Kier alpha value is -1.25.